The third kappa shape index (κ3) is 6.32. The van der Waals surface area contributed by atoms with Gasteiger partial charge in [0.25, 0.3) is 5.91 Å². The predicted octanol–water partition coefficient (Wildman–Crippen LogP) is 7.64. The van der Waals surface area contributed by atoms with Crippen LogP contribution in [0.4, 0.5) is 0 Å². The van der Waals surface area contributed by atoms with E-state index in [9.17, 15) is 9.59 Å². The standard InChI is InChI=1S/C32H25BrClN3O5/c1-3-41-27-15-19(9-14-26(27)42-32(39)21-10-12-23(40-2)13-11-21)18-35-37-31(38)30-28(20-7-5-4-6-8-20)24-16-22(33)17-25(34)29(24)36-30/h4-18,36H,3H2,1-2H3,(H,37,38). The van der Waals surface area contributed by atoms with Gasteiger partial charge in [0.1, 0.15) is 11.4 Å². The molecule has 212 valence electrons. The van der Waals surface area contributed by atoms with Gasteiger partial charge in [-0.1, -0.05) is 57.9 Å². The second-order valence-corrected chi connectivity index (χ2v) is 10.3. The molecule has 8 nitrogen and oxygen atoms in total. The highest BCUT2D eigenvalue weighted by Crippen LogP contribution is 2.37. The average Bonchev–Trinajstić information content (AvgIpc) is 3.39. The zero-order chi connectivity index (χ0) is 29.6. The third-order valence-corrected chi connectivity index (χ3v) is 7.05. The number of esters is 1. The van der Waals surface area contributed by atoms with Gasteiger partial charge in [0.2, 0.25) is 0 Å². The first kappa shape index (κ1) is 28.9. The van der Waals surface area contributed by atoms with Crippen LogP contribution in [0.25, 0.3) is 22.0 Å². The maximum atomic E-state index is 13.3. The van der Waals surface area contributed by atoms with Crippen LogP contribution < -0.4 is 19.6 Å². The van der Waals surface area contributed by atoms with Gasteiger partial charge in [-0.2, -0.15) is 5.10 Å². The molecule has 0 radical (unpaired) electrons. The molecule has 0 aliphatic rings. The number of carbonyl (C=O) groups is 2. The van der Waals surface area contributed by atoms with E-state index < -0.39 is 11.9 Å². The van der Waals surface area contributed by atoms with Crippen molar-refractivity contribution < 1.29 is 23.8 Å². The number of nitrogens with zero attached hydrogens (tertiary/aromatic N) is 1. The molecule has 0 spiro atoms. The summed E-state index contributed by atoms with van der Waals surface area (Å²) in [5.41, 5.74) is 6.11. The van der Waals surface area contributed by atoms with E-state index in [0.717, 1.165) is 15.4 Å². The number of aromatic amines is 1. The highest BCUT2D eigenvalue weighted by atomic mass is 79.9. The van der Waals surface area contributed by atoms with Crippen molar-refractivity contribution in [3.63, 3.8) is 0 Å². The number of amides is 1. The van der Waals surface area contributed by atoms with Crippen molar-refractivity contribution in [1.29, 1.82) is 0 Å². The average molecular weight is 647 g/mol. The minimum Gasteiger partial charge on any atom is -0.497 e. The number of aromatic nitrogens is 1. The lowest BCUT2D eigenvalue weighted by molar-refractivity contribution is 0.0728. The van der Waals surface area contributed by atoms with Gasteiger partial charge in [-0.25, -0.2) is 10.2 Å². The van der Waals surface area contributed by atoms with Gasteiger partial charge in [0, 0.05) is 15.4 Å². The van der Waals surface area contributed by atoms with Crippen LogP contribution in [0.1, 0.15) is 33.3 Å². The lowest BCUT2D eigenvalue weighted by atomic mass is 10.0. The maximum absolute atomic E-state index is 13.3. The van der Waals surface area contributed by atoms with E-state index in [2.05, 4.69) is 31.4 Å². The Balaban J connectivity index is 1.36. The summed E-state index contributed by atoms with van der Waals surface area (Å²) < 4.78 is 17.2. The van der Waals surface area contributed by atoms with E-state index in [4.69, 9.17) is 25.8 Å². The van der Waals surface area contributed by atoms with Crippen LogP contribution in [0.15, 0.2) is 94.5 Å². The molecule has 4 aromatic carbocycles. The molecule has 0 atom stereocenters. The summed E-state index contributed by atoms with van der Waals surface area (Å²) in [5.74, 6) is 0.273. The van der Waals surface area contributed by atoms with Gasteiger partial charge in [-0.3, -0.25) is 4.79 Å². The van der Waals surface area contributed by atoms with Crippen molar-refractivity contribution in [3.05, 3.63) is 111 Å². The van der Waals surface area contributed by atoms with E-state index in [-0.39, 0.29) is 5.75 Å². The highest BCUT2D eigenvalue weighted by molar-refractivity contribution is 9.10. The van der Waals surface area contributed by atoms with Crippen LogP contribution in [0.2, 0.25) is 5.02 Å². The van der Waals surface area contributed by atoms with Crippen LogP contribution in [-0.2, 0) is 0 Å². The van der Waals surface area contributed by atoms with Crippen LogP contribution in [0.3, 0.4) is 0 Å². The first-order chi connectivity index (χ1) is 20.4. The Hall–Kier alpha value is -4.60. The SMILES string of the molecule is CCOc1cc(C=NNC(=O)c2[nH]c3c(Cl)cc(Br)cc3c2-c2ccccc2)ccc1OC(=O)c1ccc(OC)cc1. The minimum atomic E-state index is -0.535. The minimum absolute atomic E-state index is 0.257. The molecule has 0 aliphatic heterocycles. The van der Waals surface area contributed by atoms with Crippen LogP contribution >= 0.6 is 27.5 Å². The molecule has 0 saturated heterocycles. The second kappa shape index (κ2) is 12.9. The van der Waals surface area contributed by atoms with Gasteiger partial charge >= 0.3 is 5.97 Å². The highest BCUT2D eigenvalue weighted by Gasteiger charge is 2.21. The monoisotopic (exact) mass is 645 g/mol. The van der Waals surface area contributed by atoms with Crippen LogP contribution in [-0.4, -0.2) is 36.8 Å². The zero-order valence-electron chi connectivity index (χ0n) is 22.6. The van der Waals surface area contributed by atoms with Gasteiger partial charge < -0.3 is 19.2 Å². The molecule has 5 rings (SSSR count). The first-order valence-corrected chi connectivity index (χ1v) is 14.1. The van der Waals surface area contributed by atoms with Gasteiger partial charge in [0.15, 0.2) is 11.5 Å². The molecule has 0 bridgehead atoms. The molecule has 0 aliphatic carbocycles. The summed E-state index contributed by atoms with van der Waals surface area (Å²) in [4.78, 5) is 29.1. The molecule has 1 amide bonds. The summed E-state index contributed by atoms with van der Waals surface area (Å²) in [5, 5.41) is 5.44. The van der Waals surface area contributed by atoms with E-state index in [0.29, 0.717) is 51.0 Å². The molecule has 1 aromatic heterocycles. The Morgan fingerprint density at radius 1 is 1.00 bits per heavy atom. The number of rotatable bonds is 9. The molecular formula is C32H25BrClN3O5. The van der Waals surface area contributed by atoms with Crippen LogP contribution in [0, 0.1) is 0 Å². The fraction of sp³-hybridized carbons (Fsp3) is 0.0938. The number of H-pyrrole nitrogens is 1. The van der Waals surface area contributed by atoms with Crippen molar-refractivity contribution in [1.82, 2.24) is 10.4 Å². The number of ether oxygens (including phenoxy) is 3. The lowest BCUT2D eigenvalue weighted by Crippen LogP contribution is -2.18. The number of hydrogen-bond acceptors (Lipinski definition) is 6. The molecule has 1 heterocycles. The van der Waals surface area contributed by atoms with E-state index >= 15 is 0 Å². The summed E-state index contributed by atoms with van der Waals surface area (Å²) >= 11 is 9.98. The molecule has 2 N–H and O–H groups in total. The first-order valence-electron chi connectivity index (χ1n) is 12.9. The fourth-order valence-electron chi connectivity index (χ4n) is 4.36. The largest absolute Gasteiger partial charge is 0.497 e. The Morgan fingerprint density at radius 2 is 1.76 bits per heavy atom. The van der Waals surface area contributed by atoms with E-state index in [1.54, 1.807) is 55.6 Å². The zero-order valence-corrected chi connectivity index (χ0v) is 25.0. The number of fused-ring (bicyclic) bond motifs is 1. The number of halogens is 2. The van der Waals surface area contributed by atoms with Gasteiger partial charge in [0.05, 0.1) is 36.0 Å². The fourth-order valence-corrected chi connectivity index (χ4v) is 5.22. The third-order valence-electron chi connectivity index (χ3n) is 6.29. The number of methoxy groups -OCH3 is 1. The summed E-state index contributed by atoms with van der Waals surface area (Å²) in [7, 11) is 1.55. The molecule has 0 fully saturated rings. The van der Waals surface area contributed by atoms with Crippen molar-refractivity contribution >= 4 is 56.5 Å². The Bertz CT molecular complexity index is 1790. The number of hydrogen-bond donors (Lipinski definition) is 2. The van der Waals surface area contributed by atoms with Crippen molar-refractivity contribution in [2.24, 2.45) is 5.10 Å². The molecule has 42 heavy (non-hydrogen) atoms. The quantitative estimate of drug-likeness (QED) is 0.0742. The van der Waals surface area contributed by atoms with Crippen LogP contribution in [0.5, 0.6) is 17.2 Å². The summed E-state index contributed by atoms with van der Waals surface area (Å²) in [6.07, 6.45) is 1.48. The van der Waals surface area contributed by atoms with Gasteiger partial charge in [-0.15, -0.1) is 0 Å². The smallest absolute Gasteiger partial charge is 0.343 e. The molecule has 10 heteroatoms. The molecule has 0 unspecified atom stereocenters. The molecule has 5 aromatic rings. The predicted molar refractivity (Wildman–Crippen MR) is 167 cm³/mol. The van der Waals surface area contributed by atoms with Crippen molar-refractivity contribution in [2.75, 3.05) is 13.7 Å². The molecular weight excluding hydrogens is 622 g/mol. The number of benzene rings is 4. The summed E-state index contributed by atoms with van der Waals surface area (Å²) in [6.45, 7) is 2.18. The van der Waals surface area contributed by atoms with Gasteiger partial charge in [-0.05, 0) is 72.6 Å². The number of nitrogens with one attached hydrogen (secondary N) is 2. The lowest BCUT2D eigenvalue weighted by Gasteiger charge is -2.11. The van der Waals surface area contributed by atoms with Crippen molar-refractivity contribution in [2.45, 2.75) is 6.92 Å². The Morgan fingerprint density at radius 3 is 2.48 bits per heavy atom. The second-order valence-electron chi connectivity index (χ2n) is 9.01. The molecule has 0 saturated carbocycles. The summed E-state index contributed by atoms with van der Waals surface area (Å²) in [6, 6.07) is 24.8. The number of hydrazone groups is 1. The topological polar surface area (TPSA) is 102 Å². The number of carbonyl (C=O) groups excluding carboxylic acids is 2. The Kier molecular flexibility index (Phi) is 8.90. The van der Waals surface area contributed by atoms with E-state index in [1.807, 2.05) is 43.3 Å². The Labute approximate surface area is 255 Å². The van der Waals surface area contributed by atoms with E-state index in [1.165, 1.54) is 6.21 Å². The normalized spacial score (nSPS) is 11.0. The maximum Gasteiger partial charge on any atom is 0.343 e. The van der Waals surface area contributed by atoms with Crippen molar-refractivity contribution in [3.8, 4) is 28.4 Å².